The second-order valence-corrected chi connectivity index (χ2v) is 4.30. The number of rotatable bonds is 5. The summed E-state index contributed by atoms with van der Waals surface area (Å²) in [6.07, 6.45) is 2.60. The zero-order chi connectivity index (χ0) is 15.2. The molecule has 2 rings (SSSR count). The van der Waals surface area contributed by atoms with Gasteiger partial charge in [-0.05, 0) is 12.1 Å². The molecule has 2 aromatic carbocycles. The predicted octanol–water partition coefficient (Wildman–Crippen LogP) is 3.47. The van der Waals surface area contributed by atoms with E-state index in [1.165, 1.54) is 6.08 Å². The Labute approximate surface area is 123 Å². The minimum absolute atomic E-state index is 0.611. The number of carbonyl (C=O) groups is 1. The molecule has 0 heterocycles. The van der Waals surface area contributed by atoms with Crippen LogP contribution in [0, 0.1) is 0 Å². The van der Waals surface area contributed by atoms with Gasteiger partial charge >= 0.3 is 5.97 Å². The van der Waals surface area contributed by atoms with Gasteiger partial charge in [-0.25, -0.2) is 4.79 Å². The number of hydrogen-bond donors (Lipinski definition) is 1. The van der Waals surface area contributed by atoms with Gasteiger partial charge in [0.2, 0.25) is 0 Å². The molecule has 1 N–H and O–H groups in total. The minimum Gasteiger partial charge on any atom is -0.496 e. The van der Waals surface area contributed by atoms with Crippen LogP contribution in [0.3, 0.4) is 0 Å². The molecule has 4 nitrogen and oxygen atoms in total. The van der Waals surface area contributed by atoms with Gasteiger partial charge in [0.25, 0.3) is 0 Å². The predicted molar refractivity (Wildman–Crippen MR) is 81.7 cm³/mol. The molecule has 0 saturated heterocycles. The Hall–Kier alpha value is -2.75. The largest absolute Gasteiger partial charge is 0.496 e. The van der Waals surface area contributed by atoms with Crippen molar-refractivity contribution in [3.63, 3.8) is 0 Å². The van der Waals surface area contributed by atoms with E-state index >= 15 is 0 Å². The third-order valence-electron chi connectivity index (χ3n) is 3.05. The molecule has 0 saturated carbocycles. The molecule has 21 heavy (non-hydrogen) atoms. The summed E-state index contributed by atoms with van der Waals surface area (Å²) < 4.78 is 10.8. The van der Waals surface area contributed by atoms with Crippen LogP contribution >= 0.6 is 0 Å². The first-order valence-electron chi connectivity index (χ1n) is 6.38. The summed E-state index contributed by atoms with van der Waals surface area (Å²) in [6.45, 7) is 0. The SMILES string of the molecule is COc1ccccc1-c1cccc(C=CC(=O)O)c1OC. The molecule has 0 aliphatic heterocycles. The summed E-state index contributed by atoms with van der Waals surface area (Å²) in [5.74, 6) is 0.342. The Bertz CT molecular complexity index is 674. The van der Waals surface area contributed by atoms with E-state index < -0.39 is 5.97 Å². The maximum atomic E-state index is 10.7. The fraction of sp³-hybridized carbons (Fsp3) is 0.118. The van der Waals surface area contributed by atoms with Crippen LogP contribution in [0.4, 0.5) is 0 Å². The number of ether oxygens (including phenoxy) is 2. The molecule has 0 aliphatic rings. The van der Waals surface area contributed by atoms with Crippen LogP contribution in [0.2, 0.25) is 0 Å². The van der Waals surface area contributed by atoms with Crippen molar-refractivity contribution in [3.8, 4) is 22.6 Å². The van der Waals surface area contributed by atoms with Gasteiger partial charge in [-0.1, -0.05) is 36.4 Å². The van der Waals surface area contributed by atoms with Gasteiger partial charge in [-0.15, -0.1) is 0 Å². The Balaban J connectivity index is 2.59. The smallest absolute Gasteiger partial charge is 0.328 e. The third kappa shape index (κ3) is 3.23. The number of para-hydroxylation sites is 2. The van der Waals surface area contributed by atoms with Gasteiger partial charge in [-0.3, -0.25) is 0 Å². The lowest BCUT2D eigenvalue weighted by atomic mass is 10.00. The lowest BCUT2D eigenvalue weighted by molar-refractivity contribution is -0.131. The normalized spacial score (nSPS) is 10.6. The van der Waals surface area contributed by atoms with Crippen molar-refractivity contribution < 1.29 is 19.4 Å². The molecule has 0 bridgehead atoms. The zero-order valence-corrected chi connectivity index (χ0v) is 11.9. The highest BCUT2D eigenvalue weighted by atomic mass is 16.5. The van der Waals surface area contributed by atoms with Crippen LogP contribution in [-0.4, -0.2) is 25.3 Å². The molecule has 0 aliphatic carbocycles. The zero-order valence-electron chi connectivity index (χ0n) is 11.9. The molecular weight excluding hydrogens is 268 g/mol. The van der Waals surface area contributed by atoms with Crippen LogP contribution < -0.4 is 9.47 Å². The lowest BCUT2D eigenvalue weighted by Crippen LogP contribution is -1.94. The van der Waals surface area contributed by atoms with E-state index in [9.17, 15) is 4.79 Å². The average Bonchev–Trinajstić information content (AvgIpc) is 2.52. The van der Waals surface area contributed by atoms with Crippen LogP contribution in [0.25, 0.3) is 17.2 Å². The Kier molecular flexibility index (Phi) is 4.61. The summed E-state index contributed by atoms with van der Waals surface area (Å²) in [6, 6.07) is 13.2. The van der Waals surface area contributed by atoms with Crippen LogP contribution in [0.1, 0.15) is 5.56 Å². The highest BCUT2D eigenvalue weighted by Crippen LogP contribution is 2.38. The summed E-state index contributed by atoms with van der Waals surface area (Å²) >= 11 is 0. The Morgan fingerprint density at radius 3 is 2.38 bits per heavy atom. The fourth-order valence-corrected chi connectivity index (χ4v) is 2.15. The first kappa shape index (κ1) is 14.7. The van der Waals surface area contributed by atoms with Crippen molar-refractivity contribution in [1.82, 2.24) is 0 Å². The topological polar surface area (TPSA) is 55.8 Å². The molecule has 0 atom stereocenters. The summed E-state index contributed by atoms with van der Waals surface area (Å²) in [5, 5.41) is 8.76. The molecule has 0 amide bonds. The van der Waals surface area contributed by atoms with Crippen LogP contribution in [-0.2, 0) is 4.79 Å². The maximum Gasteiger partial charge on any atom is 0.328 e. The van der Waals surface area contributed by atoms with Crippen molar-refractivity contribution in [2.24, 2.45) is 0 Å². The van der Waals surface area contributed by atoms with Gasteiger partial charge < -0.3 is 14.6 Å². The van der Waals surface area contributed by atoms with Crippen molar-refractivity contribution >= 4 is 12.0 Å². The van der Waals surface area contributed by atoms with Gasteiger partial charge in [0, 0.05) is 22.8 Å². The first-order valence-corrected chi connectivity index (χ1v) is 6.38. The molecule has 108 valence electrons. The minimum atomic E-state index is -1.00. The number of carboxylic acids is 1. The fourth-order valence-electron chi connectivity index (χ4n) is 2.15. The second-order valence-electron chi connectivity index (χ2n) is 4.30. The van der Waals surface area contributed by atoms with Gasteiger partial charge in [0.1, 0.15) is 11.5 Å². The molecular formula is C17H16O4. The molecule has 4 heteroatoms. The molecule has 2 aromatic rings. The first-order chi connectivity index (χ1) is 10.2. The Morgan fingerprint density at radius 1 is 1.00 bits per heavy atom. The van der Waals surface area contributed by atoms with E-state index in [0.717, 1.165) is 23.0 Å². The number of aliphatic carboxylic acids is 1. The molecule has 0 unspecified atom stereocenters. The molecule has 0 fully saturated rings. The van der Waals surface area contributed by atoms with E-state index in [4.69, 9.17) is 14.6 Å². The van der Waals surface area contributed by atoms with Gasteiger partial charge in [0.15, 0.2) is 0 Å². The third-order valence-corrected chi connectivity index (χ3v) is 3.05. The van der Waals surface area contributed by atoms with Crippen LogP contribution in [0.15, 0.2) is 48.5 Å². The van der Waals surface area contributed by atoms with E-state index in [1.54, 1.807) is 20.3 Å². The summed E-state index contributed by atoms with van der Waals surface area (Å²) in [4.78, 5) is 10.7. The van der Waals surface area contributed by atoms with Crippen molar-refractivity contribution in [2.45, 2.75) is 0 Å². The number of carboxylic acid groups (broad SMARTS) is 1. The summed E-state index contributed by atoms with van der Waals surface area (Å²) in [5.41, 5.74) is 2.44. The number of methoxy groups -OCH3 is 2. The monoisotopic (exact) mass is 284 g/mol. The van der Waals surface area contributed by atoms with E-state index in [0.29, 0.717) is 11.3 Å². The van der Waals surface area contributed by atoms with Crippen molar-refractivity contribution in [1.29, 1.82) is 0 Å². The van der Waals surface area contributed by atoms with Crippen molar-refractivity contribution in [2.75, 3.05) is 14.2 Å². The van der Waals surface area contributed by atoms with Crippen molar-refractivity contribution in [3.05, 3.63) is 54.1 Å². The average molecular weight is 284 g/mol. The molecule has 0 radical (unpaired) electrons. The van der Waals surface area contributed by atoms with E-state index in [2.05, 4.69) is 0 Å². The highest BCUT2D eigenvalue weighted by molar-refractivity contribution is 5.88. The van der Waals surface area contributed by atoms with Gasteiger partial charge in [0.05, 0.1) is 14.2 Å². The van der Waals surface area contributed by atoms with E-state index in [-0.39, 0.29) is 0 Å². The summed E-state index contributed by atoms with van der Waals surface area (Å²) in [7, 11) is 3.17. The quantitative estimate of drug-likeness (QED) is 0.854. The number of benzene rings is 2. The molecule has 0 spiro atoms. The second kappa shape index (κ2) is 6.61. The lowest BCUT2D eigenvalue weighted by Gasteiger charge is -2.14. The van der Waals surface area contributed by atoms with E-state index in [1.807, 2.05) is 36.4 Å². The molecule has 0 aromatic heterocycles. The highest BCUT2D eigenvalue weighted by Gasteiger charge is 2.12. The maximum absolute atomic E-state index is 10.7. The van der Waals surface area contributed by atoms with Gasteiger partial charge in [-0.2, -0.15) is 0 Å². The standard InChI is InChI=1S/C17H16O4/c1-20-15-9-4-3-7-13(15)14-8-5-6-12(17(14)21-2)10-11-16(18)19/h3-11H,1-2H3,(H,18,19). The number of hydrogen-bond acceptors (Lipinski definition) is 3. The Morgan fingerprint density at radius 2 is 1.71 bits per heavy atom. The van der Waals surface area contributed by atoms with Crippen LogP contribution in [0.5, 0.6) is 11.5 Å².